The van der Waals surface area contributed by atoms with Gasteiger partial charge in [0.2, 0.25) is 0 Å². The van der Waals surface area contributed by atoms with Gasteiger partial charge >= 0.3 is 5.97 Å². The summed E-state index contributed by atoms with van der Waals surface area (Å²) in [7, 11) is 1.93. The Bertz CT molecular complexity index is 390. The Morgan fingerprint density at radius 3 is 2.65 bits per heavy atom. The van der Waals surface area contributed by atoms with Crippen LogP contribution in [0.4, 0.5) is 0 Å². The average molecular weight is 256 g/mol. The van der Waals surface area contributed by atoms with Gasteiger partial charge < -0.3 is 4.74 Å². The van der Waals surface area contributed by atoms with Crippen molar-refractivity contribution in [2.75, 3.05) is 20.2 Å². The first-order valence-electron chi connectivity index (χ1n) is 5.75. The third-order valence-electron chi connectivity index (χ3n) is 2.66. The summed E-state index contributed by atoms with van der Waals surface area (Å²) in [6.45, 7) is 8.65. The molecule has 1 rings (SSSR count). The summed E-state index contributed by atoms with van der Waals surface area (Å²) < 4.78 is 4.94. The third kappa shape index (κ3) is 3.78. The number of rotatable bonds is 5. The van der Waals surface area contributed by atoms with Crippen LogP contribution >= 0.6 is 11.3 Å². The smallest absolute Gasteiger partial charge is 0.320 e. The maximum absolute atomic E-state index is 11.4. The van der Waals surface area contributed by atoms with Gasteiger partial charge in [-0.3, -0.25) is 9.69 Å². The molecule has 1 aromatic rings. The second kappa shape index (κ2) is 6.12. The molecule has 0 aromatic carbocycles. The quantitative estimate of drug-likeness (QED) is 0.758. The van der Waals surface area contributed by atoms with Gasteiger partial charge in [-0.05, 0) is 34.7 Å². The molecule has 4 nitrogen and oxygen atoms in total. The van der Waals surface area contributed by atoms with Crippen LogP contribution in [0.15, 0.2) is 0 Å². The Kier molecular flexibility index (Phi) is 5.08. The molecule has 1 heterocycles. The Labute approximate surface area is 107 Å². The van der Waals surface area contributed by atoms with E-state index in [9.17, 15) is 4.79 Å². The van der Waals surface area contributed by atoms with Crippen LogP contribution in [0.25, 0.3) is 0 Å². The predicted octanol–water partition coefficient (Wildman–Crippen LogP) is 2.32. The van der Waals surface area contributed by atoms with Crippen LogP contribution in [-0.2, 0) is 9.53 Å². The van der Waals surface area contributed by atoms with Gasteiger partial charge in [-0.15, -0.1) is 11.3 Å². The van der Waals surface area contributed by atoms with Crippen molar-refractivity contribution < 1.29 is 9.53 Å². The van der Waals surface area contributed by atoms with E-state index in [1.807, 2.05) is 32.7 Å². The maximum atomic E-state index is 11.4. The maximum Gasteiger partial charge on any atom is 0.320 e. The Balaban J connectivity index is 2.66. The van der Waals surface area contributed by atoms with Gasteiger partial charge in [0, 0.05) is 10.9 Å². The second-order valence-electron chi connectivity index (χ2n) is 4.08. The van der Waals surface area contributed by atoms with Crippen LogP contribution in [0, 0.1) is 13.8 Å². The van der Waals surface area contributed by atoms with E-state index in [1.165, 1.54) is 4.88 Å². The minimum absolute atomic E-state index is 0.180. The fourth-order valence-electron chi connectivity index (χ4n) is 1.68. The lowest BCUT2D eigenvalue weighted by molar-refractivity contribution is -0.144. The third-order valence-corrected chi connectivity index (χ3v) is 3.91. The van der Waals surface area contributed by atoms with Crippen molar-refractivity contribution in [1.82, 2.24) is 9.88 Å². The molecule has 0 N–H and O–H groups in total. The summed E-state index contributed by atoms with van der Waals surface area (Å²) in [5.74, 6) is -0.180. The van der Waals surface area contributed by atoms with E-state index in [2.05, 4.69) is 11.9 Å². The number of nitrogens with zero attached hydrogens (tertiary/aromatic N) is 2. The molecular weight excluding hydrogens is 236 g/mol. The predicted molar refractivity (Wildman–Crippen MR) is 69.3 cm³/mol. The number of carbonyl (C=O) groups excluding carboxylic acids is 1. The highest BCUT2D eigenvalue weighted by Gasteiger charge is 2.19. The summed E-state index contributed by atoms with van der Waals surface area (Å²) >= 11 is 1.69. The summed E-state index contributed by atoms with van der Waals surface area (Å²) in [4.78, 5) is 19.0. The molecule has 1 atom stereocenters. The van der Waals surface area contributed by atoms with Crippen LogP contribution in [0.1, 0.15) is 35.5 Å². The lowest BCUT2D eigenvalue weighted by atomic mass is 10.2. The first-order valence-corrected chi connectivity index (χ1v) is 6.57. The number of esters is 1. The molecule has 0 radical (unpaired) electrons. The molecular formula is C12H20N2O2S. The summed E-state index contributed by atoms with van der Waals surface area (Å²) in [6, 6.07) is 0.186. The van der Waals surface area contributed by atoms with Crippen molar-refractivity contribution in [2.45, 2.75) is 33.7 Å². The minimum Gasteiger partial charge on any atom is -0.465 e. The van der Waals surface area contributed by atoms with E-state index in [0.29, 0.717) is 13.2 Å². The van der Waals surface area contributed by atoms with Gasteiger partial charge in [-0.1, -0.05) is 0 Å². The van der Waals surface area contributed by atoms with Gasteiger partial charge in [0.05, 0.1) is 23.9 Å². The lowest BCUT2D eigenvalue weighted by Gasteiger charge is -2.22. The fourth-order valence-corrected chi connectivity index (χ4v) is 2.73. The number of carbonyl (C=O) groups is 1. The Morgan fingerprint density at radius 2 is 2.18 bits per heavy atom. The number of hydrogen-bond donors (Lipinski definition) is 0. The van der Waals surface area contributed by atoms with Gasteiger partial charge in [0.25, 0.3) is 0 Å². The van der Waals surface area contributed by atoms with Gasteiger partial charge in [-0.25, -0.2) is 4.98 Å². The molecule has 0 aliphatic rings. The number of hydrogen-bond acceptors (Lipinski definition) is 5. The summed E-state index contributed by atoms with van der Waals surface area (Å²) in [5.41, 5.74) is 1.05. The largest absolute Gasteiger partial charge is 0.465 e. The zero-order valence-electron chi connectivity index (χ0n) is 11.1. The molecule has 0 aliphatic heterocycles. The molecule has 0 unspecified atom stereocenters. The van der Waals surface area contributed by atoms with E-state index in [4.69, 9.17) is 4.74 Å². The topological polar surface area (TPSA) is 42.4 Å². The van der Waals surface area contributed by atoms with Crippen LogP contribution < -0.4 is 0 Å². The first-order chi connectivity index (χ1) is 7.95. The van der Waals surface area contributed by atoms with Crippen LogP contribution in [0.3, 0.4) is 0 Å². The number of aryl methyl sites for hydroxylation is 2. The van der Waals surface area contributed by atoms with Crippen molar-refractivity contribution in [3.8, 4) is 0 Å². The van der Waals surface area contributed by atoms with E-state index >= 15 is 0 Å². The SMILES string of the molecule is CCOC(=O)CN(C)[C@H](C)c1sc(C)nc1C. The number of ether oxygens (including phenoxy) is 1. The zero-order chi connectivity index (χ0) is 13.0. The van der Waals surface area contributed by atoms with Crippen molar-refractivity contribution in [2.24, 2.45) is 0 Å². The van der Waals surface area contributed by atoms with Crippen LogP contribution in [0.2, 0.25) is 0 Å². The number of likely N-dealkylation sites (N-methyl/N-ethyl adjacent to an activating group) is 1. The standard InChI is InChI=1S/C12H20N2O2S/c1-6-16-11(15)7-14(5)9(3)12-8(2)13-10(4)17-12/h9H,6-7H2,1-5H3/t9-/m1/s1. The summed E-state index contributed by atoms with van der Waals surface area (Å²) in [6.07, 6.45) is 0. The molecule has 96 valence electrons. The van der Waals surface area contributed by atoms with Crippen molar-refractivity contribution >= 4 is 17.3 Å². The molecule has 0 aliphatic carbocycles. The first kappa shape index (κ1) is 14.1. The van der Waals surface area contributed by atoms with Gasteiger partial charge in [0.15, 0.2) is 0 Å². The molecule has 0 saturated carbocycles. The highest BCUT2D eigenvalue weighted by Crippen LogP contribution is 2.27. The van der Waals surface area contributed by atoms with E-state index in [1.54, 1.807) is 11.3 Å². The molecule has 1 aromatic heterocycles. The fraction of sp³-hybridized carbons (Fsp3) is 0.667. The van der Waals surface area contributed by atoms with Gasteiger partial charge in [-0.2, -0.15) is 0 Å². The molecule has 0 spiro atoms. The second-order valence-corrected chi connectivity index (χ2v) is 5.31. The average Bonchev–Trinajstić information content (AvgIpc) is 2.56. The Hall–Kier alpha value is -0.940. The number of aromatic nitrogens is 1. The number of thiazole rings is 1. The Morgan fingerprint density at radius 1 is 1.53 bits per heavy atom. The molecule has 0 amide bonds. The van der Waals surface area contributed by atoms with Crippen molar-refractivity contribution in [3.05, 3.63) is 15.6 Å². The van der Waals surface area contributed by atoms with Crippen molar-refractivity contribution in [3.63, 3.8) is 0 Å². The summed E-state index contributed by atoms with van der Waals surface area (Å²) in [5, 5.41) is 1.06. The highest BCUT2D eigenvalue weighted by molar-refractivity contribution is 7.11. The monoisotopic (exact) mass is 256 g/mol. The zero-order valence-corrected chi connectivity index (χ0v) is 11.9. The van der Waals surface area contributed by atoms with Gasteiger partial charge in [0.1, 0.15) is 0 Å². The van der Waals surface area contributed by atoms with Crippen LogP contribution in [0.5, 0.6) is 0 Å². The molecule has 17 heavy (non-hydrogen) atoms. The lowest BCUT2D eigenvalue weighted by Crippen LogP contribution is -2.29. The molecule has 0 bridgehead atoms. The minimum atomic E-state index is -0.180. The molecule has 0 saturated heterocycles. The van der Waals surface area contributed by atoms with E-state index < -0.39 is 0 Å². The van der Waals surface area contributed by atoms with E-state index in [0.717, 1.165) is 10.7 Å². The highest BCUT2D eigenvalue weighted by atomic mass is 32.1. The normalized spacial score (nSPS) is 12.8. The molecule has 0 fully saturated rings. The van der Waals surface area contributed by atoms with Crippen LogP contribution in [-0.4, -0.2) is 36.1 Å². The van der Waals surface area contributed by atoms with E-state index in [-0.39, 0.29) is 12.0 Å². The van der Waals surface area contributed by atoms with Crippen molar-refractivity contribution in [1.29, 1.82) is 0 Å². The molecule has 5 heteroatoms.